The lowest BCUT2D eigenvalue weighted by molar-refractivity contribution is -0.116. The number of anilines is 2. The molecule has 1 aromatic heterocycles. The van der Waals surface area contributed by atoms with Gasteiger partial charge in [0.15, 0.2) is 5.13 Å². The Morgan fingerprint density at radius 1 is 1.25 bits per heavy atom. The fraction of sp³-hybridized carbons (Fsp3) is 0.267. The Balaban J connectivity index is 1.67. The molecule has 9 heteroatoms. The molecule has 2 N–H and O–H groups in total. The molecular weight excluding hydrogens is 371 g/mol. The van der Waals surface area contributed by atoms with E-state index >= 15 is 0 Å². The number of para-hydroxylation sites is 1. The highest BCUT2D eigenvalue weighted by Crippen LogP contribution is 2.32. The van der Waals surface area contributed by atoms with Crippen LogP contribution in [0.5, 0.6) is 0 Å². The number of hydrogen-bond acceptors (Lipinski definition) is 4. The molecule has 1 aromatic carbocycles. The van der Waals surface area contributed by atoms with Crippen LogP contribution in [0.25, 0.3) is 0 Å². The zero-order valence-electron chi connectivity index (χ0n) is 12.5. The molecule has 0 radical (unpaired) electrons. The Bertz CT molecular complexity index is 730. The first-order valence-corrected chi connectivity index (χ1v) is 8.89. The third-order valence-electron chi connectivity index (χ3n) is 3.44. The summed E-state index contributed by atoms with van der Waals surface area (Å²) in [5.41, 5.74) is 0.344. The molecule has 1 heterocycles. The van der Waals surface area contributed by atoms with Gasteiger partial charge in [0.05, 0.1) is 15.7 Å². The van der Waals surface area contributed by atoms with Crippen LogP contribution in [0, 0.1) is 0 Å². The molecule has 0 aliphatic heterocycles. The number of carbonyl (C=O) groups excluding carboxylic acids is 2. The van der Waals surface area contributed by atoms with E-state index in [0.717, 1.165) is 12.8 Å². The van der Waals surface area contributed by atoms with Crippen molar-refractivity contribution in [1.82, 2.24) is 9.88 Å². The van der Waals surface area contributed by atoms with Gasteiger partial charge in [0.2, 0.25) is 5.91 Å². The minimum absolute atomic E-state index is 0.0494. The quantitative estimate of drug-likeness (QED) is 0.814. The molecule has 3 amide bonds. The average molecular weight is 385 g/mol. The maximum Gasteiger partial charge on any atom is 0.322 e. The first kappa shape index (κ1) is 17.0. The first-order chi connectivity index (χ1) is 11.5. The summed E-state index contributed by atoms with van der Waals surface area (Å²) in [4.78, 5) is 30.1. The molecular formula is C15H14Cl2N4O2S. The standard InChI is InChI=1S/C15H14Cl2N4O2S/c16-10-2-1-3-11(17)13(10)20-15(23)21(9-4-5-9)8-12(22)19-14-18-6-7-24-14/h1-3,6-7,9H,4-5,8H2,(H,20,23)(H,18,19,22). The minimum Gasteiger partial charge on any atom is -0.312 e. The fourth-order valence-electron chi connectivity index (χ4n) is 2.15. The van der Waals surface area contributed by atoms with Crippen LogP contribution in [-0.2, 0) is 4.79 Å². The van der Waals surface area contributed by atoms with Gasteiger partial charge in [-0.15, -0.1) is 11.3 Å². The molecule has 0 saturated heterocycles. The molecule has 1 aliphatic carbocycles. The van der Waals surface area contributed by atoms with E-state index in [-0.39, 0.29) is 18.5 Å². The second kappa shape index (κ2) is 7.38. The van der Waals surface area contributed by atoms with Crippen molar-refractivity contribution in [2.24, 2.45) is 0 Å². The number of aromatic nitrogens is 1. The number of carbonyl (C=O) groups is 2. The van der Waals surface area contributed by atoms with Crippen molar-refractivity contribution in [1.29, 1.82) is 0 Å². The normalized spacial score (nSPS) is 13.4. The summed E-state index contributed by atoms with van der Waals surface area (Å²) >= 11 is 13.5. The van der Waals surface area contributed by atoms with Crippen molar-refractivity contribution in [3.8, 4) is 0 Å². The third kappa shape index (κ3) is 4.17. The predicted octanol–water partition coefficient (Wildman–Crippen LogP) is 4.08. The smallest absolute Gasteiger partial charge is 0.312 e. The number of hydrogen-bond donors (Lipinski definition) is 2. The second-order valence-corrected chi connectivity index (χ2v) is 6.98. The lowest BCUT2D eigenvalue weighted by atomic mass is 10.3. The van der Waals surface area contributed by atoms with Gasteiger partial charge in [0.1, 0.15) is 6.54 Å². The van der Waals surface area contributed by atoms with E-state index in [1.807, 2.05) is 0 Å². The van der Waals surface area contributed by atoms with E-state index in [1.165, 1.54) is 16.2 Å². The molecule has 126 valence electrons. The Morgan fingerprint density at radius 3 is 2.54 bits per heavy atom. The van der Waals surface area contributed by atoms with Gasteiger partial charge in [-0.1, -0.05) is 29.3 Å². The highest BCUT2D eigenvalue weighted by molar-refractivity contribution is 7.13. The van der Waals surface area contributed by atoms with E-state index < -0.39 is 6.03 Å². The van der Waals surface area contributed by atoms with Gasteiger partial charge < -0.3 is 15.5 Å². The number of halogens is 2. The zero-order chi connectivity index (χ0) is 17.1. The monoisotopic (exact) mass is 384 g/mol. The van der Waals surface area contributed by atoms with Crippen LogP contribution in [0.3, 0.4) is 0 Å². The molecule has 1 aliphatic rings. The van der Waals surface area contributed by atoms with Gasteiger partial charge in [0, 0.05) is 17.6 Å². The summed E-state index contributed by atoms with van der Waals surface area (Å²) in [6.45, 7) is -0.0574. The van der Waals surface area contributed by atoms with Gasteiger partial charge in [-0.3, -0.25) is 4.79 Å². The molecule has 0 unspecified atom stereocenters. The fourth-order valence-corrected chi connectivity index (χ4v) is 3.18. The highest BCUT2D eigenvalue weighted by atomic mass is 35.5. The van der Waals surface area contributed by atoms with E-state index in [4.69, 9.17) is 23.2 Å². The number of rotatable bonds is 5. The van der Waals surface area contributed by atoms with Crippen molar-refractivity contribution in [2.45, 2.75) is 18.9 Å². The van der Waals surface area contributed by atoms with Crippen LogP contribution in [0.15, 0.2) is 29.8 Å². The first-order valence-electron chi connectivity index (χ1n) is 7.25. The van der Waals surface area contributed by atoms with Crippen LogP contribution in [-0.4, -0.2) is 34.4 Å². The van der Waals surface area contributed by atoms with Gasteiger partial charge in [0.25, 0.3) is 0 Å². The number of thiazole rings is 1. The van der Waals surface area contributed by atoms with E-state index in [9.17, 15) is 9.59 Å². The Hall–Kier alpha value is -1.83. The predicted molar refractivity (Wildman–Crippen MR) is 96.0 cm³/mol. The van der Waals surface area contributed by atoms with Gasteiger partial charge in [-0.25, -0.2) is 9.78 Å². The van der Waals surface area contributed by atoms with Gasteiger partial charge in [-0.05, 0) is 25.0 Å². The van der Waals surface area contributed by atoms with Crippen LogP contribution in [0.1, 0.15) is 12.8 Å². The molecule has 0 bridgehead atoms. The Labute approximate surface area is 152 Å². The number of nitrogens with one attached hydrogen (secondary N) is 2. The summed E-state index contributed by atoms with van der Waals surface area (Å²) in [6, 6.07) is 4.62. The van der Waals surface area contributed by atoms with E-state index in [1.54, 1.807) is 29.8 Å². The summed E-state index contributed by atoms with van der Waals surface area (Å²) in [6.07, 6.45) is 3.34. The van der Waals surface area contributed by atoms with Crippen molar-refractivity contribution in [3.05, 3.63) is 39.8 Å². The Morgan fingerprint density at radius 2 is 1.96 bits per heavy atom. The van der Waals surface area contributed by atoms with Crippen LogP contribution in [0.2, 0.25) is 10.0 Å². The van der Waals surface area contributed by atoms with Crippen LogP contribution < -0.4 is 10.6 Å². The lowest BCUT2D eigenvalue weighted by Crippen LogP contribution is -2.42. The molecule has 0 spiro atoms. The molecule has 24 heavy (non-hydrogen) atoms. The topological polar surface area (TPSA) is 74.3 Å². The molecule has 2 aromatic rings. The number of amides is 3. The van der Waals surface area contributed by atoms with Crippen LogP contribution >= 0.6 is 34.5 Å². The SMILES string of the molecule is O=C(CN(C(=O)Nc1c(Cl)cccc1Cl)C1CC1)Nc1nccs1. The average Bonchev–Trinajstić information content (AvgIpc) is 3.26. The number of benzene rings is 1. The number of urea groups is 1. The minimum atomic E-state index is -0.401. The summed E-state index contributed by atoms with van der Waals surface area (Å²) in [5, 5.41) is 8.33. The zero-order valence-corrected chi connectivity index (χ0v) is 14.8. The maximum atomic E-state index is 12.5. The molecule has 1 fully saturated rings. The number of nitrogens with zero attached hydrogens (tertiary/aromatic N) is 2. The third-order valence-corrected chi connectivity index (χ3v) is 4.75. The van der Waals surface area contributed by atoms with Gasteiger partial charge >= 0.3 is 6.03 Å². The van der Waals surface area contributed by atoms with Crippen molar-refractivity contribution < 1.29 is 9.59 Å². The Kier molecular flexibility index (Phi) is 5.23. The lowest BCUT2D eigenvalue weighted by Gasteiger charge is -2.22. The van der Waals surface area contributed by atoms with Gasteiger partial charge in [-0.2, -0.15) is 0 Å². The summed E-state index contributed by atoms with van der Waals surface area (Å²) in [7, 11) is 0. The molecule has 0 atom stereocenters. The maximum absolute atomic E-state index is 12.5. The largest absolute Gasteiger partial charge is 0.322 e. The van der Waals surface area contributed by atoms with E-state index in [0.29, 0.717) is 20.9 Å². The summed E-state index contributed by atoms with van der Waals surface area (Å²) in [5.74, 6) is -0.294. The van der Waals surface area contributed by atoms with Crippen molar-refractivity contribution in [2.75, 3.05) is 17.2 Å². The van der Waals surface area contributed by atoms with Crippen molar-refractivity contribution >= 4 is 57.3 Å². The highest BCUT2D eigenvalue weighted by Gasteiger charge is 2.34. The molecule has 6 nitrogen and oxygen atoms in total. The molecule has 1 saturated carbocycles. The molecule has 3 rings (SSSR count). The van der Waals surface area contributed by atoms with Crippen molar-refractivity contribution in [3.63, 3.8) is 0 Å². The van der Waals surface area contributed by atoms with E-state index in [2.05, 4.69) is 15.6 Å². The summed E-state index contributed by atoms with van der Waals surface area (Å²) < 4.78 is 0. The van der Waals surface area contributed by atoms with Crippen LogP contribution in [0.4, 0.5) is 15.6 Å². The second-order valence-electron chi connectivity index (χ2n) is 5.27.